The Morgan fingerprint density at radius 2 is 1.85 bits per heavy atom. The van der Waals surface area contributed by atoms with E-state index in [0.717, 1.165) is 25.0 Å². The highest BCUT2D eigenvalue weighted by Crippen LogP contribution is 2.32. The molecule has 1 aromatic rings. The maximum atomic E-state index is 13.8. The number of amides is 2. The van der Waals surface area contributed by atoms with Crippen molar-refractivity contribution in [2.75, 3.05) is 19.6 Å². The van der Waals surface area contributed by atoms with E-state index in [2.05, 4.69) is 5.32 Å². The summed E-state index contributed by atoms with van der Waals surface area (Å²) in [6, 6.07) is 2.98. The minimum atomic E-state index is -0.861. The van der Waals surface area contributed by atoms with Gasteiger partial charge in [-0.2, -0.15) is 0 Å². The molecular formula is C18H24ClF2N3O2. The highest BCUT2D eigenvalue weighted by Gasteiger charge is 2.34. The van der Waals surface area contributed by atoms with E-state index < -0.39 is 17.5 Å². The largest absolute Gasteiger partial charge is 0.352 e. The molecule has 144 valence electrons. The first-order valence-electron chi connectivity index (χ1n) is 8.74. The summed E-state index contributed by atoms with van der Waals surface area (Å²) in [5.41, 5.74) is 5.57. The van der Waals surface area contributed by atoms with E-state index in [-0.39, 0.29) is 35.8 Å². The molecule has 1 atom stereocenters. The van der Waals surface area contributed by atoms with Crippen molar-refractivity contribution >= 4 is 24.2 Å². The predicted octanol–water partition coefficient (Wildman–Crippen LogP) is 2.09. The molecule has 0 spiro atoms. The number of benzene rings is 1. The van der Waals surface area contributed by atoms with Gasteiger partial charge in [0.25, 0.3) is 5.91 Å². The summed E-state index contributed by atoms with van der Waals surface area (Å²) in [5.74, 6) is -1.71. The molecule has 26 heavy (non-hydrogen) atoms. The summed E-state index contributed by atoms with van der Waals surface area (Å²) in [6.07, 6.45) is 3.28. The van der Waals surface area contributed by atoms with E-state index in [1.54, 1.807) is 0 Å². The third-order valence-corrected chi connectivity index (χ3v) is 5.09. The zero-order valence-corrected chi connectivity index (χ0v) is 15.2. The van der Waals surface area contributed by atoms with Gasteiger partial charge < -0.3 is 16.0 Å². The van der Waals surface area contributed by atoms with Crippen LogP contribution in [0.1, 0.15) is 36.0 Å². The Morgan fingerprint density at radius 3 is 2.38 bits per heavy atom. The lowest BCUT2D eigenvalue weighted by Gasteiger charge is -2.32. The summed E-state index contributed by atoms with van der Waals surface area (Å²) in [4.78, 5) is 26.3. The van der Waals surface area contributed by atoms with Gasteiger partial charge in [-0.25, -0.2) is 8.78 Å². The Morgan fingerprint density at radius 1 is 1.19 bits per heavy atom. The molecule has 1 aromatic carbocycles. The molecule has 1 unspecified atom stereocenters. The third kappa shape index (κ3) is 4.71. The fourth-order valence-corrected chi connectivity index (χ4v) is 3.35. The number of nitrogens with one attached hydrogen (secondary N) is 1. The molecule has 8 heteroatoms. The number of nitrogens with two attached hydrogens (primary N) is 1. The molecule has 2 fully saturated rings. The van der Waals surface area contributed by atoms with Crippen LogP contribution in [0.2, 0.25) is 0 Å². The van der Waals surface area contributed by atoms with Gasteiger partial charge in [-0.05, 0) is 43.7 Å². The van der Waals surface area contributed by atoms with Crippen molar-refractivity contribution in [3.63, 3.8) is 0 Å². The molecule has 5 nitrogen and oxygen atoms in total. The number of hydrogen-bond donors (Lipinski definition) is 2. The zero-order chi connectivity index (χ0) is 18.0. The van der Waals surface area contributed by atoms with Crippen LogP contribution in [0.25, 0.3) is 0 Å². The molecule has 3 rings (SSSR count). The average Bonchev–Trinajstić information content (AvgIpc) is 3.44. The van der Waals surface area contributed by atoms with Crippen molar-refractivity contribution in [3.8, 4) is 0 Å². The Bertz CT molecular complexity index is 662. The van der Waals surface area contributed by atoms with Crippen LogP contribution in [-0.4, -0.2) is 42.4 Å². The molecule has 0 bridgehead atoms. The molecule has 3 N–H and O–H groups in total. The molecule has 1 saturated heterocycles. The van der Waals surface area contributed by atoms with Crippen molar-refractivity contribution in [2.45, 2.75) is 31.7 Å². The van der Waals surface area contributed by atoms with Crippen LogP contribution in [0.15, 0.2) is 18.2 Å². The van der Waals surface area contributed by atoms with Gasteiger partial charge in [0.05, 0.1) is 5.56 Å². The lowest BCUT2D eigenvalue weighted by atomic mass is 9.94. The first-order chi connectivity index (χ1) is 12.0. The molecule has 1 aliphatic carbocycles. The molecule has 2 amide bonds. The number of piperidine rings is 1. The van der Waals surface area contributed by atoms with Crippen LogP contribution in [-0.2, 0) is 4.79 Å². The fourth-order valence-electron chi connectivity index (χ4n) is 3.35. The van der Waals surface area contributed by atoms with E-state index >= 15 is 0 Å². The summed E-state index contributed by atoms with van der Waals surface area (Å²) in [6.45, 7) is 1.20. The van der Waals surface area contributed by atoms with Crippen LogP contribution in [0.4, 0.5) is 8.78 Å². The quantitative estimate of drug-likeness (QED) is 0.812. The Kier molecular flexibility index (Phi) is 6.94. The Hall–Kier alpha value is -1.73. The van der Waals surface area contributed by atoms with Gasteiger partial charge in [0.2, 0.25) is 5.91 Å². The number of halogens is 3. The van der Waals surface area contributed by atoms with E-state index in [9.17, 15) is 18.4 Å². The van der Waals surface area contributed by atoms with Crippen LogP contribution in [0, 0.1) is 23.5 Å². The van der Waals surface area contributed by atoms with Gasteiger partial charge in [0, 0.05) is 37.7 Å². The van der Waals surface area contributed by atoms with Crippen LogP contribution < -0.4 is 11.1 Å². The first kappa shape index (κ1) is 20.6. The second-order valence-electron chi connectivity index (χ2n) is 6.88. The molecule has 0 aromatic heterocycles. The monoisotopic (exact) mass is 387 g/mol. The Labute approximate surface area is 157 Å². The third-order valence-electron chi connectivity index (χ3n) is 5.09. The van der Waals surface area contributed by atoms with E-state index in [0.29, 0.717) is 44.5 Å². The van der Waals surface area contributed by atoms with Crippen molar-refractivity contribution in [2.24, 2.45) is 17.6 Å². The molecule has 1 heterocycles. The van der Waals surface area contributed by atoms with E-state index in [1.807, 2.05) is 0 Å². The molecule has 2 aliphatic rings. The summed E-state index contributed by atoms with van der Waals surface area (Å²) in [5, 5.41) is 3.02. The minimum Gasteiger partial charge on any atom is -0.352 e. The van der Waals surface area contributed by atoms with Gasteiger partial charge in [0.1, 0.15) is 11.6 Å². The highest BCUT2D eigenvalue weighted by atomic mass is 35.5. The number of carbonyl (C=O) groups is 2. The molecule has 1 aliphatic heterocycles. The topological polar surface area (TPSA) is 75.4 Å². The minimum absolute atomic E-state index is 0. The van der Waals surface area contributed by atoms with Crippen molar-refractivity contribution < 1.29 is 18.4 Å². The van der Waals surface area contributed by atoms with Gasteiger partial charge in [-0.3, -0.25) is 9.59 Å². The predicted molar refractivity (Wildman–Crippen MR) is 95.9 cm³/mol. The summed E-state index contributed by atoms with van der Waals surface area (Å²) in [7, 11) is 0. The fraction of sp³-hybridized carbons (Fsp3) is 0.556. The van der Waals surface area contributed by atoms with Gasteiger partial charge >= 0.3 is 0 Å². The first-order valence-corrected chi connectivity index (χ1v) is 8.74. The lowest BCUT2D eigenvalue weighted by Crippen LogP contribution is -2.48. The lowest BCUT2D eigenvalue weighted by molar-refractivity contribution is -0.127. The van der Waals surface area contributed by atoms with Crippen LogP contribution in [0.5, 0.6) is 0 Å². The van der Waals surface area contributed by atoms with E-state index in [4.69, 9.17) is 5.73 Å². The summed E-state index contributed by atoms with van der Waals surface area (Å²) < 4.78 is 26.7. The highest BCUT2D eigenvalue weighted by molar-refractivity contribution is 5.94. The van der Waals surface area contributed by atoms with E-state index in [1.165, 1.54) is 4.90 Å². The molecule has 1 saturated carbocycles. The number of hydrogen-bond acceptors (Lipinski definition) is 3. The van der Waals surface area contributed by atoms with Gasteiger partial charge in [0.15, 0.2) is 0 Å². The van der Waals surface area contributed by atoms with Crippen molar-refractivity contribution in [1.29, 1.82) is 0 Å². The van der Waals surface area contributed by atoms with Crippen LogP contribution >= 0.6 is 12.4 Å². The second-order valence-corrected chi connectivity index (χ2v) is 6.88. The maximum absolute atomic E-state index is 13.8. The van der Waals surface area contributed by atoms with Crippen molar-refractivity contribution in [1.82, 2.24) is 10.2 Å². The Balaban J connectivity index is 0.00000243. The smallest absolute Gasteiger partial charge is 0.256 e. The van der Waals surface area contributed by atoms with Crippen LogP contribution in [0.3, 0.4) is 0 Å². The molecule has 0 radical (unpaired) electrons. The number of rotatable bonds is 5. The second kappa shape index (κ2) is 8.77. The van der Waals surface area contributed by atoms with Gasteiger partial charge in [-0.1, -0.05) is 0 Å². The standard InChI is InChI=1S/C18H23F2N3O2.ClH/c19-13-3-4-14(15(20)9-13)18(25)23-7-5-12(6-8-23)17(24)22-16(10-21)11-1-2-11;/h3-4,9,11-12,16H,1-2,5-8,10,21H2,(H,22,24);1H. The number of carbonyl (C=O) groups excluding carboxylic acids is 2. The normalized spacial score (nSPS) is 18.8. The zero-order valence-electron chi connectivity index (χ0n) is 14.4. The number of nitrogens with zero attached hydrogens (tertiary/aromatic N) is 1. The SMILES string of the molecule is Cl.NCC(NC(=O)C1CCN(C(=O)c2ccc(F)cc2F)CC1)C1CC1. The molecular weight excluding hydrogens is 364 g/mol. The van der Waals surface area contributed by atoms with Crippen molar-refractivity contribution in [3.05, 3.63) is 35.4 Å². The average molecular weight is 388 g/mol. The van der Waals surface area contributed by atoms with Gasteiger partial charge in [-0.15, -0.1) is 12.4 Å². The summed E-state index contributed by atoms with van der Waals surface area (Å²) >= 11 is 0. The number of likely N-dealkylation sites (tertiary alicyclic amines) is 1. The maximum Gasteiger partial charge on any atom is 0.256 e.